The first-order chi connectivity index (χ1) is 8.65. The number of hydrogen-bond acceptors (Lipinski definition) is 2. The van der Waals surface area contributed by atoms with Gasteiger partial charge in [-0.2, -0.15) is 0 Å². The van der Waals surface area contributed by atoms with Crippen LogP contribution in [0.2, 0.25) is 0 Å². The van der Waals surface area contributed by atoms with E-state index in [9.17, 15) is 0 Å². The zero-order chi connectivity index (χ0) is 14.1. The number of rotatable bonds is 11. The van der Waals surface area contributed by atoms with Gasteiger partial charge in [0.15, 0.2) is 0 Å². The third-order valence-corrected chi connectivity index (χ3v) is 2.76. The molecule has 0 spiro atoms. The summed E-state index contributed by atoms with van der Waals surface area (Å²) >= 11 is 0. The van der Waals surface area contributed by atoms with Crippen molar-refractivity contribution in [2.24, 2.45) is 0 Å². The maximum atomic E-state index is 8.70. The van der Waals surface area contributed by atoms with Crippen LogP contribution in [0.5, 0.6) is 0 Å². The number of aliphatic hydroxyl groups is 1. The SMILES string of the molecule is CCCCCCCCCCCCCO.O=[P+](O)O. The Morgan fingerprint density at radius 1 is 0.722 bits per heavy atom. The quantitative estimate of drug-likeness (QED) is 0.396. The van der Waals surface area contributed by atoms with Crippen LogP contribution in [0.4, 0.5) is 0 Å². The van der Waals surface area contributed by atoms with Gasteiger partial charge in [0.2, 0.25) is 0 Å². The van der Waals surface area contributed by atoms with Gasteiger partial charge in [-0.3, -0.25) is 0 Å². The number of hydrogen-bond donors (Lipinski definition) is 3. The van der Waals surface area contributed by atoms with E-state index in [-0.39, 0.29) is 0 Å². The van der Waals surface area contributed by atoms with Crippen molar-refractivity contribution in [3.05, 3.63) is 0 Å². The highest BCUT2D eigenvalue weighted by Crippen LogP contribution is 2.10. The van der Waals surface area contributed by atoms with Crippen molar-refractivity contribution in [1.82, 2.24) is 0 Å². The maximum Gasteiger partial charge on any atom is 0.692 e. The van der Waals surface area contributed by atoms with E-state index in [4.69, 9.17) is 19.5 Å². The van der Waals surface area contributed by atoms with Crippen molar-refractivity contribution < 1.29 is 19.5 Å². The van der Waals surface area contributed by atoms with Gasteiger partial charge in [0.25, 0.3) is 0 Å². The highest BCUT2D eigenvalue weighted by atomic mass is 31.1. The Morgan fingerprint density at radius 2 is 1.00 bits per heavy atom. The van der Waals surface area contributed by atoms with E-state index < -0.39 is 8.25 Å². The van der Waals surface area contributed by atoms with E-state index in [2.05, 4.69) is 6.92 Å². The molecule has 4 nitrogen and oxygen atoms in total. The summed E-state index contributed by atoms with van der Waals surface area (Å²) in [7, 11) is -2.87. The van der Waals surface area contributed by atoms with Gasteiger partial charge in [0.05, 0.1) is 0 Å². The summed E-state index contributed by atoms with van der Waals surface area (Å²) in [6.07, 6.45) is 14.8. The molecule has 0 aliphatic carbocycles. The molecule has 18 heavy (non-hydrogen) atoms. The average Bonchev–Trinajstić information content (AvgIpc) is 2.31. The molecule has 0 unspecified atom stereocenters. The Hall–Kier alpha value is -0.0200. The average molecular weight is 281 g/mol. The standard InChI is InChI=1S/C13H28O.HO3P/c1-2-3-4-5-6-7-8-9-10-11-12-13-14;1-4(2)3/h14H,2-13H2,1H3;(H-,1,2,3)/p+1. The van der Waals surface area contributed by atoms with Crippen molar-refractivity contribution in [3.63, 3.8) is 0 Å². The summed E-state index contributed by atoms with van der Waals surface area (Å²) in [5.74, 6) is 0. The van der Waals surface area contributed by atoms with Gasteiger partial charge >= 0.3 is 8.25 Å². The molecule has 0 atom stereocenters. The molecule has 0 heterocycles. The van der Waals surface area contributed by atoms with Gasteiger partial charge in [-0.15, -0.1) is 9.79 Å². The summed E-state index contributed by atoms with van der Waals surface area (Å²) in [5, 5.41) is 8.59. The third kappa shape index (κ3) is 29.7. The van der Waals surface area contributed by atoms with Crippen molar-refractivity contribution in [2.45, 2.75) is 77.6 Å². The van der Waals surface area contributed by atoms with Crippen molar-refractivity contribution in [1.29, 1.82) is 0 Å². The van der Waals surface area contributed by atoms with Crippen LogP contribution in [0, 0.1) is 0 Å². The van der Waals surface area contributed by atoms with Crippen molar-refractivity contribution in [2.75, 3.05) is 6.61 Å². The molecule has 0 aromatic carbocycles. The number of aliphatic hydroxyl groups excluding tert-OH is 1. The lowest BCUT2D eigenvalue weighted by Gasteiger charge is -2.01. The fourth-order valence-electron chi connectivity index (χ4n) is 1.78. The Morgan fingerprint density at radius 3 is 1.28 bits per heavy atom. The molecule has 0 rings (SSSR count). The number of unbranched alkanes of at least 4 members (excludes halogenated alkanes) is 10. The van der Waals surface area contributed by atoms with Gasteiger partial charge in [0, 0.05) is 11.2 Å². The predicted molar refractivity (Wildman–Crippen MR) is 75.6 cm³/mol. The summed E-state index contributed by atoms with van der Waals surface area (Å²) in [6, 6.07) is 0. The van der Waals surface area contributed by atoms with Crippen molar-refractivity contribution in [3.8, 4) is 0 Å². The predicted octanol–water partition coefficient (Wildman–Crippen LogP) is 3.92. The zero-order valence-corrected chi connectivity index (χ0v) is 12.6. The van der Waals surface area contributed by atoms with Crippen LogP contribution >= 0.6 is 8.25 Å². The highest BCUT2D eigenvalue weighted by molar-refractivity contribution is 7.30. The molecule has 110 valence electrons. The lowest BCUT2D eigenvalue weighted by molar-refractivity contribution is 0.282. The third-order valence-electron chi connectivity index (χ3n) is 2.76. The lowest BCUT2D eigenvalue weighted by atomic mass is 10.1. The molecule has 0 saturated carbocycles. The van der Waals surface area contributed by atoms with Crippen molar-refractivity contribution >= 4 is 8.25 Å². The van der Waals surface area contributed by atoms with Crippen LogP contribution in [-0.4, -0.2) is 21.5 Å². The summed E-state index contributed by atoms with van der Waals surface area (Å²) in [4.78, 5) is 14.2. The molecule has 0 aromatic heterocycles. The summed E-state index contributed by atoms with van der Waals surface area (Å²) in [6.45, 7) is 2.64. The first kappa shape index (κ1) is 20.3. The Bertz CT molecular complexity index is 149. The van der Waals surface area contributed by atoms with Gasteiger partial charge < -0.3 is 5.11 Å². The normalized spacial score (nSPS) is 9.78. The summed E-state index contributed by atoms with van der Waals surface area (Å²) < 4.78 is 8.70. The molecular formula is C13H30O4P+. The minimum atomic E-state index is -2.87. The van der Waals surface area contributed by atoms with Gasteiger partial charge in [-0.05, 0) is 6.42 Å². The molecular weight excluding hydrogens is 251 g/mol. The molecule has 0 aromatic rings. The molecule has 0 aliphatic heterocycles. The Balaban J connectivity index is 0. The Kier molecular flexibility index (Phi) is 21.8. The minimum Gasteiger partial charge on any atom is -0.396 e. The fourth-order valence-corrected chi connectivity index (χ4v) is 1.78. The van der Waals surface area contributed by atoms with E-state index in [1.807, 2.05) is 0 Å². The Labute approximate surface area is 112 Å². The molecule has 0 saturated heterocycles. The molecule has 5 heteroatoms. The lowest BCUT2D eigenvalue weighted by Crippen LogP contribution is -1.84. The topological polar surface area (TPSA) is 77.8 Å². The van der Waals surface area contributed by atoms with Crippen LogP contribution in [0.3, 0.4) is 0 Å². The molecule has 0 amide bonds. The maximum absolute atomic E-state index is 8.70. The van der Waals surface area contributed by atoms with Crippen LogP contribution < -0.4 is 0 Å². The largest absolute Gasteiger partial charge is 0.692 e. The van der Waals surface area contributed by atoms with E-state index in [0.717, 1.165) is 6.42 Å². The first-order valence-corrected chi connectivity index (χ1v) is 8.27. The molecule has 0 aliphatic rings. The van der Waals surface area contributed by atoms with Gasteiger partial charge in [-0.25, -0.2) is 0 Å². The second-order valence-corrected chi connectivity index (χ2v) is 5.02. The molecule has 0 fully saturated rings. The fraction of sp³-hybridized carbons (Fsp3) is 1.00. The first-order valence-electron chi connectivity index (χ1n) is 7.11. The van der Waals surface area contributed by atoms with Gasteiger partial charge in [-0.1, -0.05) is 71.1 Å². The van der Waals surface area contributed by atoms with Crippen LogP contribution in [-0.2, 0) is 4.57 Å². The second-order valence-electron chi connectivity index (χ2n) is 4.51. The van der Waals surface area contributed by atoms with Gasteiger partial charge in [0.1, 0.15) is 0 Å². The molecule has 0 bridgehead atoms. The molecule has 3 N–H and O–H groups in total. The van der Waals surface area contributed by atoms with E-state index in [0.29, 0.717) is 6.61 Å². The highest BCUT2D eigenvalue weighted by Gasteiger charge is 1.93. The van der Waals surface area contributed by atoms with Crippen LogP contribution in [0.15, 0.2) is 0 Å². The monoisotopic (exact) mass is 281 g/mol. The van der Waals surface area contributed by atoms with Crippen LogP contribution in [0.25, 0.3) is 0 Å². The van der Waals surface area contributed by atoms with E-state index >= 15 is 0 Å². The van der Waals surface area contributed by atoms with E-state index in [1.54, 1.807) is 0 Å². The second kappa shape index (κ2) is 19.3. The summed E-state index contributed by atoms with van der Waals surface area (Å²) in [5.41, 5.74) is 0. The molecule has 0 radical (unpaired) electrons. The van der Waals surface area contributed by atoms with Crippen LogP contribution in [0.1, 0.15) is 77.6 Å². The van der Waals surface area contributed by atoms with E-state index in [1.165, 1.54) is 64.2 Å². The zero-order valence-electron chi connectivity index (χ0n) is 11.7. The minimum absolute atomic E-state index is 0.372. The smallest absolute Gasteiger partial charge is 0.396 e.